The van der Waals surface area contributed by atoms with Gasteiger partial charge in [0.15, 0.2) is 0 Å². The average molecular weight is 501 g/mol. The van der Waals surface area contributed by atoms with Crippen molar-refractivity contribution in [2.24, 2.45) is 0 Å². The molecule has 2 nitrogen and oxygen atoms in total. The Morgan fingerprint density at radius 1 is 1.50 bits per heavy atom. The molecule has 64 valence electrons. The number of anilines is 1. The van der Waals surface area contributed by atoms with Crippen molar-refractivity contribution in [2.75, 3.05) is 5.73 Å². The van der Waals surface area contributed by atoms with Crippen molar-refractivity contribution < 1.29 is 40.4 Å². The van der Waals surface area contributed by atoms with Crippen LogP contribution in [0.25, 0.3) is 0 Å². The van der Waals surface area contributed by atoms with Crippen molar-refractivity contribution in [3.8, 4) is 0 Å². The molecule has 0 heterocycles. The predicted octanol–water partition coefficient (Wildman–Crippen LogP) is 0.539. The van der Waals surface area contributed by atoms with Gasteiger partial charge in [0, 0.05) is 21.1 Å². The summed E-state index contributed by atoms with van der Waals surface area (Å²) in [6.45, 7) is 0.814. The van der Waals surface area contributed by atoms with Gasteiger partial charge < -0.3 is 0 Å². The monoisotopic (exact) mass is 501 g/mol. The van der Waals surface area contributed by atoms with Gasteiger partial charge in [0.2, 0.25) is 0 Å². The van der Waals surface area contributed by atoms with E-state index < -0.39 is 0 Å². The van der Waals surface area contributed by atoms with E-state index in [-0.39, 0.29) is 21.1 Å². The first-order chi connectivity index (χ1) is 5.33. The maximum absolute atomic E-state index is 5.59. The Hall–Kier alpha value is 0.227. The SMILES string of the molecule is Nc1cccc(CN[C-]=[W])c1.[W]. The molecule has 0 aliphatic carbocycles. The van der Waals surface area contributed by atoms with Crippen LogP contribution in [-0.2, 0) is 47.0 Å². The second kappa shape index (κ2) is 6.71. The molecule has 1 rings (SSSR count). The molecule has 0 atom stereocenters. The van der Waals surface area contributed by atoms with Crippen LogP contribution >= 0.6 is 0 Å². The minimum absolute atomic E-state index is 0. The van der Waals surface area contributed by atoms with E-state index in [9.17, 15) is 0 Å². The summed E-state index contributed by atoms with van der Waals surface area (Å²) in [5.41, 5.74) is 7.59. The molecule has 0 radical (unpaired) electrons. The first-order valence-corrected chi connectivity index (χ1v) is 4.74. The van der Waals surface area contributed by atoms with Gasteiger partial charge >= 0.3 is 77.0 Å². The number of nitrogens with two attached hydrogens (primary N) is 1. The molecule has 12 heavy (non-hydrogen) atoms. The zero-order valence-electron chi connectivity index (χ0n) is 6.41. The van der Waals surface area contributed by atoms with E-state index in [4.69, 9.17) is 5.73 Å². The van der Waals surface area contributed by atoms with Gasteiger partial charge in [-0.25, -0.2) is 0 Å². The molecule has 0 bridgehead atoms. The van der Waals surface area contributed by atoms with Gasteiger partial charge in [-0.05, 0) is 0 Å². The van der Waals surface area contributed by atoms with Crippen LogP contribution in [0.1, 0.15) is 5.56 Å². The van der Waals surface area contributed by atoms with Crippen molar-refractivity contribution >= 4 is 10.2 Å². The van der Waals surface area contributed by atoms with Crippen LogP contribution in [0.5, 0.6) is 0 Å². The molecule has 0 saturated heterocycles. The summed E-state index contributed by atoms with van der Waals surface area (Å²) >= 11 is 1.31. The van der Waals surface area contributed by atoms with Crippen LogP contribution in [0.15, 0.2) is 24.3 Å². The van der Waals surface area contributed by atoms with Crippen molar-refractivity contribution in [1.82, 2.24) is 5.32 Å². The van der Waals surface area contributed by atoms with E-state index in [1.165, 1.54) is 24.9 Å². The largest absolute Gasteiger partial charge is 0 e. The summed E-state index contributed by atoms with van der Waals surface area (Å²) in [5, 5.41) is 3.02. The number of nitrogen functional groups attached to an aromatic ring is 1. The van der Waals surface area contributed by atoms with E-state index in [1.807, 2.05) is 24.3 Å². The van der Waals surface area contributed by atoms with E-state index in [0.717, 1.165) is 12.2 Å². The molecular formula is C8H9N2W2-. The summed E-state index contributed by atoms with van der Waals surface area (Å²) in [6, 6.07) is 7.83. The second-order valence-electron chi connectivity index (χ2n) is 2.20. The van der Waals surface area contributed by atoms with Gasteiger partial charge in [-0.2, -0.15) is 0 Å². The standard InChI is InChI=1S/C8H9N2.2W/c1-10-6-7-3-2-4-8(9)5-7;;/h2-5,10H,6,9H2;;/q-1;;. The Kier molecular flexibility index (Phi) is 6.84. The maximum atomic E-state index is 5.59. The van der Waals surface area contributed by atoms with Crippen molar-refractivity contribution in [3.05, 3.63) is 29.8 Å². The maximum Gasteiger partial charge on any atom is 0 e. The normalized spacial score (nSPS) is 8.67. The molecule has 0 fully saturated rings. The van der Waals surface area contributed by atoms with Crippen molar-refractivity contribution in [3.63, 3.8) is 0 Å². The van der Waals surface area contributed by atoms with Gasteiger partial charge in [-0.15, -0.1) is 0 Å². The number of rotatable bonds is 3. The van der Waals surface area contributed by atoms with Crippen LogP contribution in [0.3, 0.4) is 0 Å². The molecular weight excluding hydrogens is 492 g/mol. The summed E-state index contributed by atoms with van der Waals surface area (Å²) in [7, 11) is 0. The zero-order valence-corrected chi connectivity index (χ0v) is 12.3. The third-order valence-corrected chi connectivity index (χ3v) is 1.83. The van der Waals surface area contributed by atoms with Gasteiger partial charge in [0.05, 0.1) is 0 Å². The third kappa shape index (κ3) is 4.30. The van der Waals surface area contributed by atoms with Crippen molar-refractivity contribution in [1.29, 1.82) is 0 Å². The Bertz CT molecular complexity index is 251. The Morgan fingerprint density at radius 2 is 2.25 bits per heavy atom. The molecule has 3 N–H and O–H groups in total. The first kappa shape index (κ1) is 12.2. The molecule has 1 aromatic rings. The van der Waals surface area contributed by atoms with Crippen LogP contribution in [0, 0.1) is 0 Å². The molecule has 0 unspecified atom stereocenters. The first-order valence-electron chi connectivity index (χ1n) is 3.27. The number of benzene rings is 1. The van der Waals surface area contributed by atoms with E-state index in [0.29, 0.717) is 0 Å². The number of hydrogen-bond acceptors (Lipinski definition) is 2. The predicted molar refractivity (Wildman–Crippen MR) is 42.7 cm³/mol. The fourth-order valence-electron chi connectivity index (χ4n) is 0.841. The summed E-state index contributed by atoms with van der Waals surface area (Å²) in [6.07, 6.45) is 0. The average Bonchev–Trinajstić information content (AvgIpc) is 2.01. The quantitative estimate of drug-likeness (QED) is 0.361. The van der Waals surface area contributed by atoms with Crippen LogP contribution < -0.4 is 11.1 Å². The fraction of sp³-hybridized carbons (Fsp3) is 0.125. The van der Waals surface area contributed by atoms with Gasteiger partial charge in [0.1, 0.15) is 0 Å². The Morgan fingerprint density at radius 3 is 2.83 bits per heavy atom. The molecule has 1 aromatic carbocycles. The summed E-state index contributed by atoms with van der Waals surface area (Å²) in [4.78, 5) is 0. The second-order valence-corrected chi connectivity index (χ2v) is 2.93. The Balaban J connectivity index is 0.00000121. The number of hydrogen-bond donors (Lipinski definition) is 2. The minimum Gasteiger partial charge on any atom is 0 e. The molecule has 0 aliphatic rings. The zero-order chi connectivity index (χ0) is 8.10. The van der Waals surface area contributed by atoms with Gasteiger partial charge in [-0.3, -0.25) is 0 Å². The van der Waals surface area contributed by atoms with Crippen LogP contribution in [-0.4, -0.2) is 4.52 Å². The minimum atomic E-state index is 0. The number of nitrogens with one attached hydrogen (secondary N) is 1. The molecule has 0 saturated carbocycles. The van der Waals surface area contributed by atoms with Gasteiger partial charge in [0.25, 0.3) is 0 Å². The van der Waals surface area contributed by atoms with E-state index >= 15 is 0 Å². The summed E-state index contributed by atoms with van der Waals surface area (Å²) < 4.78 is 2.93. The topological polar surface area (TPSA) is 38.0 Å². The molecule has 0 spiro atoms. The molecule has 0 aromatic heterocycles. The van der Waals surface area contributed by atoms with Gasteiger partial charge in [-0.1, -0.05) is 0 Å². The smallest absolute Gasteiger partial charge is 0 e. The molecule has 0 amide bonds. The molecule has 0 aliphatic heterocycles. The van der Waals surface area contributed by atoms with Crippen molar-refractivity contribution in [2.45, 2.75) is 6.54 Å². The van der Waals surface area contributed by atoms with Crippen LogP contribution in [0.2, 0.25) is 0 Å². The van der Waals surface area contributed by atoms with Crippen LogP contribution in [0.4, 0.5) is 5.69 Å². The molecule has 4 heteroatoms. The van der Waals surface area contributed by atoms with E-state index in [2.05, 4.69) is 9.84 Å². The Labute approximate surface area is 97.6 Å². The van der Waals surface area contributed by atoms with E-state index in [1.54, 1.807) is 0 Å². The summed E-state index contributed by atoms with van der Waals surface area (Å²) in [5.74, 6) is 0. The third-order valence-electron chi connectivity index (χ3n) is 1.32. The fourth-order valence-corrected chi connectivity index (χ4v) is 1.10.